The van der Waals surface area contributed by atoms with Gasteiger partial charge in [-0.1, -0.05) is 0 Å². The van der Waals surface area contributed by atoms with Gasteiger partial charge in [-0.3, -0.25) is 14.4 Å². The van der Waals surface area contributed by atoms with Crippen LogP contribution in [0, 0.1) is 0 Å². The summed E-state index contributed by atoms with van der Waals surface area (Å²) in [5.74, 6) is -2.14. The summed E-state index contributed by atoms with van der Waals surface area (Å²) >= 11 is 0. The molecule has 3 amide bonds. The van der Waals surface area contributed by atoms with Crippen LogP contribution in [0.3, 0.4) is 0 Å². The number of ether oxygens (including phenoxy) is 7. The summed E-state index contributed by atoms with van der Waals surface area (Å²) in [4.78, 5) is 36.5. The number of rotatable bonds is 13. The molecule has 20 atom stereocenters. The van der Waals surface area contributed by atoms with Gasteiger partial charge in [-0.2, -0.15) is 0 Å². The van der Waals surface area contributed by atoms with Gasteiger partial charge in [0.05, 0.1) is 26.4 Å². The molecule has 14 N–H and O–H groups in total. The maximum absolute atomic E-state index is 12.4. The number of aliphatic hydroxyl groups excluding tert-OH is 11. The van der Waals surface area contributed by atoms with Crippen molar-refractivity contribution in [2.45, 2.75) is 143 Å². The first-order valence-electron chi connectivity index (χ1n) is 17.1. The summed E-state index contributed by atoms with van der Waals surface area (Å²) in [5.41, 5.74) is 0. The number of aliphatic hydroxyl groups is 11. The van der Waals surface area contributed by atoms with Gasteiger partial charge in [-0.15, -0.1) is 0 Å². The molecule has 4 saturated heterocycles. The molecule has 0 aliphatic carbocycles. The molecule has 1 unspecified atom stereocenters. The van der Waals surface area contributed by atoms with Crippen LogP contribution in [0.1, 0.15) is 20.8 Å². The SMILES string of the molecule is CC(=O)N[C@H]1[C@H](OC[C@H]2OC(O)[C@H](NC(C)=O)[C@@H](O[C@@H]3O[C@H](CO)[C@@H](O)[C@H](O[C@@H]4O[C@H](CO)[C@H](O)[C@H](O)[C@H]4O)[C@H]3NC(C)=O)[C@H]2O)O[C@H](CO)[C@@H](O)[C@@H]1O. The molecule has 0 saturated carbocycles. The summed E-state index contributed by atoms with van der Waals surface area (Å²) in [7, 11) is 0. The first-order valence-corrected chi connectivity index (χ1v) is 17.1. The Bertz CT molecular complexity index is 1250. The molecule has 4 fully saturated rings. The fourth-order valence-corrected chi connectivity index (χ4v) is 6.65. The monoisotopic (exact) mass is 789 g/mol. The Kier molecular flexibility index (Phi) is 15.8. The van der Waals surface area contributed by atoms with Gasteiger partial charge >= 0.3 is 0 Å². The average molecular weight is 790 g/mol. The number of carbonyl (C=O) groups is 3. The van der Waals surface area contributed by atoms with Gasteiger partial charge in [0, 0.05) is 20.8 Å². The summed E-state index contributed by atoms with van der Waals surface area (Å²) in [6.07, 6.45) is -29.2. The maximum atomic E-state index is 12.4. The lowest BCUT2D eigenvalue weighted by atomic mass is 9.93. The second-order valence-electron chi connectivity index (χ2n) is 13.4. The van der Waals surface area contributed by atoms with Crippen LogP contribution in [0.25, 0.3) is 0 Å². The molecule has 24 heteroatoms. The summed E-state index contributed by atoms with van der Waals surface area (Å²) in [6.45, 7) is 0.0715. The van der Waals surface area contributed by atoms with Crippen molar-refractivity contribution in [3.63, 3.8) is 0 Å². The fourth-order valence-electron chi connectivity index (χ4n) is 6.65. The minimum absolute atomic E-state index is 0.650. The summed E-state index contributed by atoms with van der Waals surface area (Å²) in [5, 5.41) is 122. The highest BCUT2D eigenvalue weighted by Gasteiger charge is 2.55. The van der Waals surface area contributed by atoms with Crippen LogP contribution >= 0.6 is 0 Å². The van der Waals surface area contributed by atoms with Crippen LogP contribution < -0.4 is 16.0 Å². The van der Waals surface area contributed by atoms with Gasteiger partial charge in [0.1, 0.15) is 97.5 Å². The number of amides is 3. The Morgan fingerprint density at radius 1 is 0.481 bits per heavy atom. The fraction of sp³-hybridized carbons (Fsp3) is 0.900. The van der Waals surface area contributed by atoms with Gasteiger partial charge < -0.3 is 105 Å². The Hall–Kier alpha value is -2.31. The van der Waals surface area contributed by atoms with E-state index in [2.05, 4.69) is 16.0 Å². The largest absolute Gasteiger partial charge is 0.394 e. The lowest BCUT2D eigenvalue weighted by Gasteiger charge is -2.50. The van der Waals surface area contributed by atoms with Crippen LogP contribution in [0.15, 0.2) is 0 Å². The van der Waals surface area contributed by atoms with E-state index in [1.54, 1.807) is 0 Å². The van der Waals surface area contributed by atoms with Gasteiger partial charge in [-0.05, 0) is 0 Å². The highest BCUT2D eigenvalue weighted by Crippen LogP contribution is 2.33. The number of nitrogens with one attached hydrogen (secondary N) is 3. The molecule has 4 aliphatic heterocycles. The lowest BCUT2D eigenvalue weighted by Crippen LogP contribution is -2.71. The zero-order valence-corrected chi connectivity index (χ0v) is 29.4. The first kappa shape index (κ1) is 44.4. The molecular formula is C30H51N3O21. The highest BCUT2D eigenvalue weighted by atomic mass is 16.7. The van der Waals surface area contributed by atoms with E-state index in [1.165, 1.54) is 0 Å². The smallest absolute Gasteiger partial charge is 0.217 e. The number of hydrogen-bond acceptors (Lipinski definition) is 21. The highest BCUT2D eigenvalue weighted by molar-refractivity contribution is 5.74. The summed E-state index contributed by atoms with van der Waals surface area (Å²) in [6, 6.07) is -4.57. The van der Waals surface area contributed by atoms with Crippen LogP contribution in [0.4, 0.5) is 0 Å². The molecule has 54 heavy (non-hydrogen) atoms. The van der Waals surface area contributed by atoms with Gasteiger partial charge in [0.2, 0.25) is 17.7 Å². The average Bonchev–Trinajstić information content (AvgIpc) is 3.11. The molecule has 0 spiro atoms. The van der Waals surface area contributed by atoms with Gasteiger partial charge in [-0.25, -0.2) is 0 Å². The molecule has 4 rings (SSSR count). The Labute approximate surface area is 307 Å². The standard InChI is InChI=1S/C30H51N3O21/c1-8(37)31-15-22(44)18(40)11(4-34)50-28(15)48-7-14-21(43)25(16(27(47)49-14)32-9(2)38)53-29-17(33-10(3)39)26(20(42)13(6-36)51-29)54-30-24(46)23(45)19(41)12(5-35)52-30/h11-30,34-36,40-47H,4-7H2,1-3H3,(H,31,37)(H,32,38)(H,33,39)/t11-,12-,13-,14-,15-,16-,17-,18-,19+,20-,21+,22-,23+,24-,25-,26-,27?,28-,29+,30+/m1/s1. The minimum atomic E-state index is -1.96. The van der Waals surface area contributed by atoms with E-state index < -0.39 is 167 Å². The predicted molar refractivity (Wildman–Crippen MR) is 169 cm³/mol. The van der Waals surface area contributed by atoms with E-state index in [4.69, 9.17) is 33.2 Å². The minimum Gasteiger partial charge on any atom is -0.394 e. The summed E-state index contributed by atoms with van der Waals surface area (Å²) < 4.78 is 39.8. The molecule has 24 nitrogen and oxygen atoms in total. The maximum Gasteiger partial charge on any atom is 0.217 e. The van der Waals surface area contributed by atoms with Crippen molar-refractivity contribution >= 4 is 17.7 Å². The van der Waals surface area contributed by atoms with Crippen LogP contribution in [-0.4, -0.2) is 223 Å². The van der Waals surface area contributed by atoms with E-state index >= 15 is 0 Å². The third-order valence-electron chi connectivity index (χ3n) is 9.39. The number of hydrogen-bond donors (Lipinski definition) is 14. The zero-order valence-electron chi connectivity index (χ0n) is 29.4. The van der Waals surface area contributed by atoms with Gasteiger partial charge in [0.15, 0.2) is 25.2 Å². The molecule has 0 aromatic heterocycles. The van der Waals surface area contributed by atoms with Crippen molar-refractivity contribution in [2.75, 3.05) is 26.4 Å². The lowest BCUT2D eigenvalue weighted by molar-refractivity contribution is -0.358. The topological polar surface area (TPSA) is 374 Å². The van der Waals surface area contributed by atoms with Crippen molar-refractivity contribution in [1.29, 1.82) is 0 Å². The molecule has 0 bridgehead atoms. The van der Waals surface area contributed by atoms with E-state index in [1.807, 2.05) is 0 Å². The van der Waals surface area contributed by atoms with Crippen LogP contribution in [0.5, 0.6) is 0 Å². The molecule has 0 aromatic carbocycles. The Morgan fingerprint density at radius 2 is 0.907 bits per heavy atom. The molecule has 0 radical (unpaired) electrons. The van der Waals surface area contributed by atoms with E-state index in [0.29, 0.717) is 0 Å². The molecular weight excluding hydrogens is 738 g/mol. The van der Waals surface area contributed by atoms with Crippen molar-refractivity contribution in [3.05, 3.63) is 0 Å². The second-order valence-corrected chi connectivity index (χ2v) is 13.4. The molecule has 0 aromatic rings. The van der Waals surface area contributed by atoms with Crippen molar-refractivity contribution in [1.82, 2.24) is 16.0 Å². The Balaban J connectivity index is 1.62. The van der Waals surface area contributed by atoms with Crippen LogP contribution in [0.2, 0.25) is 0 Å². The third-order valence-corrected chi connectivity index (χ3v) is 9.39. The van der Waals surface area contributed by atoms with E-state index in [0.717, 1.165) is 20.8 Å². The van der Waals surface area contributed by atoms with E-state index in [-0.39, 0.29) is 0 Å². The van der Waals surface area contributed by atoms with Crippen molar-refractivity contribution < 1.29 is 104 Å². The Morgan fingerprint density at radius 3 is 1.46 bits per heavy atom. The molecule has 312 valence electrons. The third kappa shape index (κ3) is 9.97. The van der Waals surface area contributed by atoms with Gasteiger partial charge in [0.25, 0.3) is 0 Å². The van der Waals surface area contributed by atoms with Crippen LogP contribution in [-0.2, 0) is 47.5 Å². The van der Waals surface area contributed by atoms with E-state index in [9.17, 15) is 70.6 Å². The number of carbonyl (C=O) groups excluding carboxylic acids is 3. The normalized spacial score (nSPS) is 45.7. The molecule has 4 aliphatic rings. The quantitative estimate of drug-likeness (QED) is 0.0823. The predicted octanol–water partition coefficient (Wildman–Crippen LogP) is -9.32. The van der Waals surface area contributed by atoms with Crippen molar-refractivity contribution in [2.24, 2.45) is 0 Å². The zero-order chi connectivity index (χ0) is 40.2. The first-order chi connectivity index (χ1) is 25.4. The molecule has 4 heterocycles. The second kappa shape index (κ2) is 19.2. The van der Waals surface area contributed by atoms with Crippen molar-refractivity contribution in [3.8, 4) is 0 Å².